The molecule has 2 N–H and O–H groups in total. The fraction of sp³-hybridized carbons (Fsp3) is 0.333. The largest absolute Gasteiger partial charge is 0.387 e. The molecule has 0 bridgehead atoms. The van der Waals surface area contributed by atoms with E-state index in [1.54, 1.807) is 18.3 Å². The van der Waals surface area contributed by atoms with Crippen molar-refractivity contribution < 1.29 is 9.90 Å². The number of aliphatic hydroxyl groups is 1. The van der Waals surface area contributed by atoms with Crippen LogP contribution in [0.25, 0.3) is 0 Å². The molecule has 0 saturated carbocycles. The van der Waals surface area contributed by atoms with E-state index in [9.17, 15) is 9.90 Å². The number of aromatic nitrogens is 1. The van der Waals surface area contributed by atoms with Crippen LogP contribution in [-0.4, -0.2) is 22.5 Å². The van der Waals surface area contributed by atoms with E-state index >= 15 is 0 Å². The molecule has 1 unspecified atom stereocenters. The van der Waals surface area contributed by atoms with Crippen LogP contribution in [0.5, 0.6) is 0 Å². The Morgan fingerprint density at radius 3 is 3.31 bits per heavy atom. The van der Waals surface area contributed by atoms with Gasteiger partial charge in [0.15, 0.2) is 0 Å². The van der Waals surface area contributed by atoms with Gasteiger partial charge < -0.3 is 10.4 Å². The number of aliphatic hydroxyl groups excluding tert-OH is 1. The molecule has 0 aliphatic carbocycles. The summed E-state index contributed by atoms with van der Waals surface area (Å²) in [7, 11) is 0. The Bertz CT molecular complexity index is 338. The van der Waals surface area contributed by atoms with Crippen molar-refractivity contribution in [1.82, 2.24) is 10.3 Å². The lowest BCUT2D eigenvalue weighted by atomic mass is 10.1. The van der Waals surface area contributed by atoms with E-state index in [0.717, 1.165) is 0 Å². The molecule has 1 aromatic rings. The predicted octanol–water partition coefficient (Wildman–Crippen LogP) is 0.248. The molecule has 0 aromatic carbocycles. The molecule has 4 nitrogen and oxygen atoms in total. The lowest BCUT2D eigenvalue weighted by Gasteiger charge is -2.06. The van der Waals surface area contributed by atoms with Gasteiger partial charge in [-0.25, -0.2) is 0 Å². The first-order valence-electron chi connectivity index (χ1n) is 4.20. The molecular weight excluding hydrogens is 168 g/mol. The summed E-state index contributed by atoms with van der Waals surface area (Å²) in [5.41, 5.74) is 0.963. The standard InChI is InChI=1S/C9H10N2O2/c12-7-3-5-11-9(13)6-2-1-4-10-8(6)7/h1-2,4,7,12H,3,5H2,(H,11,13). The summed E-state index contributed by atoms with van der Waals surface area (Å²) >= 11 is 0. The van der Waals surface area contributed by atoms with E-state index in [4.69, 9.17) is 0 Å². The summed E-state index contributed by atoms with van der Waals surface area (Å²) in [6.45, 7) is 0.496. The van der Waals surface area contributed by atoms with Gasteiger partial charge in [-0.3, -0.25) is 9.78 Å². The molecule has 4 heteroatoms. The molecule has 2 rings (SSSR count). The summed E-state index contributed by atoms with van der Waals surface area (Å²) in [4.78, 5) is 15.4. The average molecular weight is 178 g/mol. The number of hydrogen-bond acceptors (Lipinski definition) is 3. The molecule has 0 spiro atoms. The van der Waals surface area contributed by atoms with Crippen molar-refractivity contribution >= 4 is 5.91 Å². The zero-order valence-corrected chi connectivity index (χ0v) is 7.03. The maximum atomic E-state index is 11.4. The molecule has 2 heterocycles. The number of pyridine rings is 1. The third kappa shape index (κ3) is 1.40. The molecule has 1 aliphatic rings. The Morgan fingerprint density at radius 2 is 2.46 bits per heavy atom. The SMILES string of the molecule is O=C1NCCC(O)c2ncccc21. The van der Waals surface area contributed by atoms with Crippen LogP contribution in [0.15, 0.2) is 18.3 Å². The van der Waals surface area contributed by atoms with E-state index in [1.165, 1.54) is 0 Å². The average Bonchev–Trinajstić information content (AvgIpc) is 2.29. The van der Waals surface area contributed by atoms with Gasteiger partial charge in [0.1, 0.15) is 0 Å². The van der Waals surface area contributed by atoms with Gasteiger partial charge in [0.2, 0.25) is 0 Å². The number of amides is 1. The van der Waals surface area contributed by atoms with E-state index in [1.807, 2.05) is 0 Å². The van der Waals surface area contributed by atoms with Gasteiger partial charge in [-0.05, 0) is 18.6 Å². The monoisotopic (exact) mass is 178 g/mol. The quantitative estimate of drug-likeness (QED) is 0.598. The fourth-order valence-corrected chi connectivity index (χ4v) is 1.43. The maximum absolute atomic E-state index is 11.4. The zero-order valence-electron chi connectivity index (χ0n) is 7.03. The molecule has 1 aliphatic heterocycles. The van der Waals surface area contributed by atoms with E-state index in [2.05, 4.69) is 10.3 Å². The molecule has 1 amide bonds. The number of rotatable bonds is 0. The van der Waals surface area contributed by atoms with Crippen LogP contribution in [0.3, 0.4) is 0 Å². The number of nitrogens with zero attached hydrogens (tertiary/aromatic N) is 1. The highest BCUT2D eigenvalue weighted by Gasteiger charge is 2.21. The molecule has 13 heavy (non-hydrogen) atoms. The summed E-state index contributed by atoms with van der Waals surface area (Å²) < 4.78 is 0. The highest BCUT2D eigenvalue weighted by atomic mass is 16.3. The van der Waals surface area contributed by atoms with Crippen molar-refractivity contribution in [3.05, 3.63) is 29.6 Å². The Labute approximate surface area is 75.6 Å². The van der Waals surface area contributed by atoms with Gasteiger partial charge in [-0.2, -0.15) is 0 Å². The van der Waals surface area contributed by atoms with Crippen molar-refractivity contribution in [3.8, 4) is 0 Å². The predicted molar refractivity (Wildman–Crippen MR) is 46.1 cm³/mol. The smallest absolute Gasteiger partial charge is 0.253 e. The van der Waals surface area contributed by atoms with Crippen LogP contribution >= 0.6 is 0 Å². The number of carbonyl (C=O) groups excluding carboxylic acids is 1. The molecule has 0 radical (unpaired) electrons. The minimum atomic E-state index is -0.629. The minimum Gasteiger partial charge on any atom is -0.387 e. The van der Waals surface area contributed by atoms with Crippen molar-refractivity contribution in [2.75, 3.05) is 6.54 Å². The van der Waals surface area contributed by atoms with Gasteiger partial charge in [0.25, 0.3) is 5.91 Å². The lowest BCUT2D eigenvalue weighted by molar-refractivity contribution is 0.0955. The first-order valence-corrected chi connectivity index (χ1v) is 4.20. The second kappa shape index (κ2) is 3.14. The summed E-state index contributed by atoms with van der Waals surface area (Å²) in [6, 6.07) is 3.36. The highest BCUT2D eigenvalue weighted by molar-refractivity contribution is 5.95. The van der Waals surface area contributed by atoms with Crippen LogP contribution in [0.2, 0.25) is 0 Å². The van der Waals surface area contributed by atoms with Gasteiger partial charge in [0, 0.05) is 12.7 Å². The molecule has 68 valence electrons. The highest BCUT2D eigenvalue weighted by Crippen LogP contribution is 2.20. The van der Waals surface area contributed by atoms with E-state index < -0.39 is 6.10 Å². The Hall–Kier alpha value is -1.42. The second-order valence-electron chi connectivity index (χ2n) is 3.00. The van der Waals surface area contributed by atoms with Gasteiger partial charge in [-0.15, -0.1) is 0 Å². The number of hydrogen-bond donors (Lipinski definition) is 2. The van der Waals surface area contributed by atoms with Crippen LogP contribution in [0.4, 0.5) is 0 Å². The third-order valence-corrected chi connectivity index (χ3v) is 2.10. The molecular formula is C9H10N2O2. The van der Waals surface area contributed by atoms with Crippen LogP contribution < -0.4 is 5.32 Å². The van der Waals surface area contributed by atoms with Crippen molar-refractivity contribution in [2.45, 2.75) is 12.5 Å². The van der Waals surface area contributed by atoms with Crippen molar-refractivity contribution in [2.24, 2.45) is 0 Å². The fourth-order valence-electron chi connectivity index (χ4n) is 1.43. The number of carbonyl (C=O) groups is 1. The zero-order chi connectivity index (χ0) is 9.26. The van der Waals surface area contributed by atoms with Gasteiger partial charge in [0.05, 0.1) is 17.4 Å². The first-order chi connectivity index (χ1) is 6.29. The number of nitrogens with one attached hydrogen (secondary N) is 1. The Balaban J connectivity index is 2.51. The molecule has 1 aromatic heterocycles. The normalized spacial score (nSPS) is 21.6. The van der Waals surface area contributed by atoms with Gasteiger partial charge in [-0.1, -0.05) is 0 Å². The van der Waals surface area contributed by atoms with Crippen molar-refractivity contribution in [1.29, 1.82) is 0 Å². The Kier molecular flexibility index (Phi) is 1.98. The van der Waals surface area contributed by atoms with E-state index in [0.29, 0.717) is 24.2 Å². The van der Waals surface area contributed by atoms with Gasteiger partial charge >= 0.3 is 0 Å². The topological polar surface area (TPSA) is 62.2 Å². The summed E-state index contributed by atoms with van der Waals surface area (Å²) in [6.07, 6.45) is 1.48. The lowest BCUT2D eigenvalue weighted by Crippen LogP contribution is -2.22. The first kappa shape index (κ1) is 8.19. The number of fused-ring (bicyclic) bond motifs is 1. The molecule has 1 atom stereocenters. The van der Waals surface area contributed by atoms with Crippen LogP contribution in [0, 0.1) is 0 Å². The summed E-state index contributed by atoms with van der Waals surface area (Å²) in [5, 5.41) is 12.3. The van der Waals surface area contributed by atoms with E-state index in [-0.39, 0.29) is 5.91 Å². The second-order valence-corrected chi connectivity index (χ2v) is 3.00. The van der Waals surface area contributed by atoms with Crippen LogP contribution in [0.1, 0.15) is 28.6 Å². The third-order valence-electron chi connectivity index (χ3n) is 2.10. The molecule has 0 fully saturated rings. The minimum absolute atomic E-state index is 0.153. The van der Waals surface area contributed by atoms with Crippen LogP contribution in [-0.2, 0) is 0 Å². The summed E-state index contributed by atoms with van der Waals surface area (Å²) in [5.74, 6) is -0.153. The maximum Gasteiger partial charge on any atom is 0.253 e. The van der Waals surface area contributed by atoms with Crippen molar-refractivity contribution in [3.63, 3.8) is 0 Å². The Morgan fingerprint density at radius 1 is 1.62 bits per heavy atom. The molecule has 0 saturated heterocycles.